The largest absolute Gasteiger partial charge is 0.393 e. The van der Waals surface area contributed by atoms with Gasteiger partial charge in [-0.05, 0) is 122 Å². The summed E-state index contributed by atoms with van der Waals surface area (Å²) < 4.78 is 24.0. The van der Waals surface area contributed by atoms with Gasteiger partial charge in [0.25, 0.3) is 0 Å². The second-order valence-corrected chi connectivity index (χ2v) is 20.3. The van der Waals surface area contributed by atoms with Crippen molar-refractivity contribution in [3.8, 4) is 0 Å². The van der Waals surface area contributed by atoms with E-state index in [1.807, 2.05) is 0 Å². The zero-order valence-electron chi connectivity index (χ0n) is 32.7. The molecular weight excluding hydrogens is 688 g/mol. The predicted octanol–water partition coefficient (Wildman–Crippen LogP) is 1.20. The van der Waals surface area contributed by atoms with Crippen LogP contribution in [0.3, 0.4) is 0 Å². The quantitative estimate of drug-likeness (QED) is 0.151. The molecule has 306 valence electrons. The summed E-state index contributed by atoms with van der Waals surface area (Å²) in [4.78, 5) is 0. The lowest BCUT2D eigenvalue weighted by molar-refractivity contribution is -0.356. The molecule has 20 atom stereocenters. The molecule has 0 aromatic heterocycles. The van der Waals surface area contributed by atoms with Crippen LogP contribution >= 0.6 is 0 Å². The first-order chi connectivity index (χ1) is 24.6. The normalized spacial score (nSPS) is 54.6. The van der Waals surface area contributed by atoms with Gasteiger partial charge in [-0.25, -0.2) is 0 Å². The summed E-state index contributed by atoms with van der Waals surface area (Å²) in [5, 5.41) is 97.2. The molecular formula is C40H68O13. The molecule has 7 rings (SSSR count). The highest BCUT2D eigenvalue weighted by Crippen LogP contribution is 2.89. The molecule has 53 heavy (non-hydrogen) atoms. The minimum Gasteiger partial charge on any atom is -0.393 e. The van der Waals surface area contributed by atoms with E-state index in [4.69, 9.17) is 18.9 Å². The highest BCUT2D eigenvalue weighted by molar-refractivity contribution is 5.32. The van der Waals surface area contributed by atoms with Gasteiger partial charge in [-0.15, -0.1) is 0 Å². The zero-order chi connectivity index (χ0) is 38.8. The van der Waals surface area contributed by atoms with Gasteiger partial charge in [-0.3, -0.25) is 0 Å². The van der Waals surface area contributed by atoms with E-state index in [1.165, 1.54) is 0 Å². The predicted molar refractivity (Wildman–Crippen MR) is 190 cm³/mol. The Morgan fingerprint density at radius 1 is 0.736 bits per heavy atom. The first-order valence-electron chi connectivity index (χ1n) is 20.3. The average Bonchev–Trinajstić information content (AvgIpc) is 3.66. The molecule has 0 aromatic rings. The van der Waals surface area contributed by atoms with Crippen molar-refractivity contribution in [3.63, 3.8) is 0 Å². The van der Waals surface area contributed by atoms with Crippen LogP contribution in [-0.2, 0) is 18.9 Å². The van der Waals surface area contributed by atoms with Crippen molar-refractivity contribution >= 4 is 0 Å². The molecule has 13 nitrogen and oxygen atoms in total. The summed E-state index contributed by atoms with van der Waals surface area (Å²) in [6.07, 6.45) is -6.14. The molecule has 0 amide bonds. The van der Waals surface area contributed by atoms with Crippen molar-refractivity contribution in [1.29, 1.82) is 0 Å². The number of rotatable bonds is 9. The molecule has 2 aliphatic heterocycles. The van der Waals surface area contributed by atoms with Crippen LogP contribution in [0.5, 0.6) is 0 Å². The fourth-order valence-electron chi connectivity index (χ4n) is 13.9. The van der Waals surface area contributed by atoms with Gasteiger partial charge in [-0.1, -0.05) is 34.6 Å². The fraction of sp³-hybridized carbons (Fsp3) is 1.00. The Kier molecular flexibility index (Phi) is 10.4. The summed E-state index contributed by atoms with van der Waals surface area (Å²) in [5.41, 5.74) is -2.05. The van der Waals surface area contributed by atoms with E-state index in [9.17, 15) is 46.0 Å². The lowest BCUT2D eigenvalue weighted by atomic mass is 9.41. The van der Waals surface area contributed by atoms with Gasteiger partial charge in [0.1, 0.15) is 36.6 Å². The van der Waals surface area contributed by atoms with Crippen LogP contribution in [-0.4, -0.2) is 138 Å². The number of hydrogen-bond acceptors (Lipinski definition) is 13. The molecule has 0 unspecified atom stereocenters. The molecule has 0 bridgehead atoms. The van der Waals surface area contributed by atoms with Crippen molar-refractivity contribution in [1.82, 2.24) is 0 Å². The maximum Gasteiger partial charge on any atom is 0.186 e. The SMILES string of the molecule is C[C@H](CC[C@@H](O)C(C)(C)O)[C@H]1[C@@H](O)C[C@@]2(C)[C@H]3C[C@H](O)[C@@H]4C(C)(C)[C@@H](O[C@@H]5OC[C@@H](O)[C@H](O)[C@H]5O[C@@H]5OC[C@H](O)[C@H](O)[C@H]5O)CC[C@@]45C[C@@]35CC[C@]12C. The summed E-state index contributed by atoms with van der Waals surface area (Å²) in [7, 11) is 0. The highest BCUT2D eigenvalue weighted by atomic mass is 16.7. The van der Waals surface area contributed by atoms with E-state index in [-0.39, 0.29) is 58.5 Å². The van der Waals surface area contributed by atoms with Crippen LogP contribution in [0.1, 0.15) is 106 Å². The van der Waals surface area contributed by atoms with Crippen LogP contribution < -0.4 is 0 Å². The summed E-state index contributed by atoms with van der Waals surface area (Å²) in [6, 6.07) is 0. The van der Waals surface area contributed by atoms with Gasteiger partial charge in [-0.2, -0.15) is 0 Å². The molecule has 2 saturated heterocycles. The van der Waals surface area contributed by atoms with Crippen molar-refractivity contribution in [3.05, 3.63) is 0 Å². The minimum atomic E-state index is -1.60. The number of ether oxygens (including phenoxy) is 4. The monoisotopic (exact) mass is 756 g/mol. The van der Waals surface area contributed by atoms with Crippen molar-refractivity contribution < 1.29 is 64.9 Å². The average molecular weight is 757 g/mol. The Labute approximate surface area is 314 Å². The maximum atomic E-state index is 12.3. The standard InChI is InChI=1S/C40H68O13/c1-19(8-9-25(45)36(4,5)49)27-21(42)15-38(7)24-14-20(41)32-35(2,3)26(10-11-40(32)18-39(24,40)13-12-37(27,38)6)52-34-31(29(47)23(44)17-51-34)53-33-30(48)28(46)22(43)16-50-33/h19-34,41-49H,8-18H2,1-7H3/t19-,20+,21+,22+,23-,24-,25-,26+,27+,28+,29+,30-,31-,32-,33+,34+,37-,38+,39+,40-/m1/s1. The molecule has 0 radical (unpaired) electrons. The number of aliphatic hydroxyl groups is 9. The third-order valence-corrected chi connectivity index (χ3v) is 16.9. The Balaban J connectivity index is 1.09. The molecule has 7 aliphatic rings. The lowest BCUT2D eigenvalue weighted by Gasteiger charge is -2.64. The first kappa shape index (κ1) is 40.7. The molecule has 0 aromatic carbocycles. The Morgan fingerprint density at radius 3 is 2.04 bits per heavy atom. The molecule has 5 aliphatic carbocycles. The molecule has 7 fully saturated rings. The van der Waals surface area contributed by atoms with Crippen LogP contribution in [0.25, 0.3) is 0 Å². The third-order valence-electron chi connectivity index (χ3n) is 16.9. The first-order valence-corrected chi connectivity index (χ1v) is 20.3. The number of fused-ring (bicyclic) bond motifs is 2. The maximum absolute atomic E-state index is 12.3. The van der Waals surface area contributed by atoms with E-state index in [1.54, 1.807) is 13.8 Å². The Hall–Kier alpha value is -0.520. The van der Waals surface area contributed by atoms with E-state index < -0.39 is 84.6 Å². The van der Waals surface area contributed by atoms with Crippen molar-refractivity contribution in [2.24, 2.45) is 50.7 Å². The molecule has 5 saturated carbocycles. The van der Waals surface area contributed by atoms with E-state index >= 15 is 0 Å². The number of hydrogen-bond donors (Lipinski definition) is 9. The minimum absolute atomic E-state index is 0.0511. The van der Waals surface area contributed by atoms with Crippen LogP contribution in [0.15, 0.2) is 0 Å². The summed E-state index contributed by atoms with van der Waals surface area (Å²) >= 11 is 0. The third kappa shape index (κ3) is 6.04. The second-order valence-electron chi connectivity index (χ2n) is 20.3. The van der Waals surface area contributed by atoms with Gasteiger partial charge < -0.3 is 64.9 Å². The van der Waals surface area contributed by atoms with Gasteiger partial charge in [0.15, 0.2) is 12.6 Å². The van der Waals surface area contributed by atoms with Crippen molar-refractivity contribution in [2.75, 3.05) is 13.2 Å². The van der Waals surface area contributed by atoms with E-state index in [0.29, 0.717) is 32.1 Å². The summed E-state index contributed by atoms with van der Waals surface area (Å²) in [5.74, 6) is 0.384. The van der Waals surface area contributed by atoms with Crippen molar-refractivity contribution in [2.45, 2.75) is 185 Å². The topological polar surface area (TPSA) is 219 Å². The van der Waals surface area contributed by atoms with Gasteiger partial charge in [0, 0.05) is 0 Å². The van der Waals surface area contributed by atoms with Gasteiger partial charge in [0.2, 0.25) is 0 Å². The molecule has 2 heterocycles. The fourth-order valence-corrected chi connectivity index (χ4v) is 13.9. The van der Waals surface area contributed by atoms with E-state index in [0.717, 1.165) is 25.7 Å². The highest BCUT2D eigenvalue weighted by Gasteiger charge is 2.84. The summed E-state index contributed by atoms with van der Waals surface area (Å²) in [6.45, 7) is 14.0. The lowest BCUT2D eigenvalue weighted by Crippen LogP contribution is -2.63. The van der Waals surface area contributed by atoms with Gasteiger partial charge in [0.05, 0.1) is 43.2 Å². The molecule has 13 heteroatoms. The molecule has 2 spiro atoms. The molecule has 9 N–H and O–H groups in total. The Bertz CT molecular complexity index is 1340. The Morgan fingerprint density at radius 2 is 1.38 bits per heavy atom. The number of aliphatic hydroxyl groups excluding tert-OH is 8. The smallest absolute Gasteiger partial charge is 0.186 e. The zero-order valence-corrected chi connectivity index (χ0v) is 32.7. The van der Waals surface area contributed by atoms with Crippen LogP contribution in [0, 0.1) is 50.7 Å². The van der Waals surface area contributed by atoms with Crippen LogP contribution in [0.4, 0.5) is 0 Å². The van der Waals surface area contributed by atoms with Gasteiger partial charge >= 0.3 is 0 Å². The second kappa shape index (κ2) is 13.5. The van der Waals surface area contributed by atoms with Crippen LogP contribution in [0.2, 0.25) is 0 Å². The van der Waals surface area contributed by atoms with E-state index in [2.05, 4.69) is 34.6 Å².